The van der Waals surface area contributed by atoms with Crippen molar-refractivity contribution < 1.29 is 19.1 Å². The normalized spacial score (nSPS) is 10.4. The van der Waals surface area contributed by atoms with Crippen LogP contribution < -0.4 is 5.32 Å². The molecule has 7 nitrogen and oxygen atoms in total. The number of nitrogens with one attached hydrogen (secondary N) is 1. The lowest BCUT2D eigenvalue weighted by atomic mass is 10.3. The van der Waals surface area contributed by atoms with Crippen molar-refractivity contribution in [3.63, 3.8) is 0 Å². The fourth-order valence-electron chi connectivity index (χ4n) is 1.56. The van der Waals surface area contributed by atoms with Crippen molar-refractivity contribution in [1.29, 1.82) is 0 Å². The minimum atomic E-state index is -1.20. The van der Waals surface area contributed by atoms with Gasteiger partial charge in [0.15, 0.2) is 5.76 Å². The Morgan fingerprint density at radius 3 is 2.68 bits per heavy atom. The molecule has 100 valence electrons. The molecule has 0 unspecified atom stereocenters. The minimum absolute atomic E-state index is 0.0154. The van der Waals surface area contributed by atoms with Crippen molar-refractivity contribution in [1.82, 2.24) is 15.1 Å². The molecule has 0 atom stereocenters. The van der Waals surface area contributed by atoms with E-state index in [0.29, 0.717) is 13.0 Å². The van der Waals surface area contributed by atoms with Gasteiger partial charge in [0, 0.05) is 26.2 Å². The van der Waals surface area contributed by atoms with Gasteiger partial charge in [0.05, 0.1) is 5.69 Å². The average Bonchev–Trinajstić information content (AvgIpc) is 2.98. The standard InChI is InChI=1S/C12H13N3O4/c1-15-7-5-8(14-15)4-6-13-11(16)9-2-3-10(19-9)12(17)18/h2-3,5,7H,4,6H2,1H3,(H,13,16)(H,17,18). The van der Waals surface area contributed by atoms with Gasteiger partial charge in [-0.2, -0.15) is 5.10 Å². The summed E-state index contributed by atoms with van der Waals surface area (Å²) >= 11 is 0. The third-order valence-electron chi connectivity index (χ3n) is 2.48. The minimum Gasteiger partial charge on any atom is -0.475 e. The van der Waals surface area contributed by atoms with Crippen LogP contribution in [0.4, 0.5) is 0 Å². The number of aromatic carboxylic acids is 1. The van der Waals surface area contributed by atoms with Crippen molar-refractivity contribution in [2.45, 2.75) is 6.42 Å². The van der Waals surface area contributed by atoms with Gasteiger partial charge in [-0.05, 0) is 18.2 Å². The van der Waals surface area contributed by atoms with Crippen LogP contribution in [0.3, 0.4) is 0 Å². The second-order valence-corrected chi connectivity index (χ2v) is 3.96. The van der Waals surface area contributed by atoms with Crippen LogP contribution in [0.5, 0.6) is 0 Å². The number of hydrogen-bond donors (Lipinski definition) is 2. The van der Waals surface area contributed by atoms with E-state index in [0.717, 1.165) is 5.69 Å². The Bertz CT molecular complexity index is 600. The molecular weight excluding hydrogens is 250 g/mol. The zero-order valence-corrected chi connectivity index (χ0v) is 10.3. The van der Waals surface area contributed by atoms with Gasteiger partial charge in [-0.15, -0.1) is 0 Å². The number of furan rings is 1. The van der Waals surface area contributed by atoms with Gasteiger partial charge in [0.2, 0.25) is 5.76 Å². The molecule has 0 aliphatic heterocycles. The highest BCUT2D eigenvalue weighted by molar-refractivity contribution is 5.93. The highest BCUT2D eigenvalue weighted by atomic mass is 16.4. The number of rotatable bonds is 5. The Hall–Kier alpha value is -2.57. The number of carboxylic acid groups (broad SMARTS) is 1. The molecule has 7 heteroatoms. The lowest BCUT2D eigenvalue weighted by Gasteiger charge is -2.01. The lowest BCUT2D eigenvalue weighted by Crippen LogP contribution is -2.25. The Morgan fingerprint density at radius 1 is 1.37 bits per heavy atom. The van der Waals surface area contributed by atoms with E-state index >= 15 is 0 Å². The molecule has 0 aromatic carbocycles. The molecule has 0 bridgehead atoms. The molecule has 2 aromatic heterocycles. The van der Waals surface area contributed by atoms with E-state index in [1.807, 2.05) is 19.3 Å². The van der Waals surface area contributed by atoms with Gasteiger partial charge in [-0.3, -0.25) is 9.48 Å². The van der Waals surface area contributed by atoms with Crippen LogP contribution in [0.2, 0.25) is 0 Å². The van der Waals surface area contributed by atoms with Gasteiger partial charge < -0.3 is 14.8 Å². The predicted molar refractivity (Wildman–Crippen MR) is 64.9 cm³/mol. The molecule has 0 saturated carbocycles. The summed E-state index contributed by atoms with van der Waals surface area (Å²) in [5.74, 6) is -1.91. The number of amides is 1. The number of aryl methyl sites for hydroxylation is 1. The maximum Gasteiger partial charge on any atom is 0.371 e. The first-order valence-electron chi connectivity index (χ1n) is 5.66. The van der Waals surface area contributed by atoms with Gasteiger partial charge >= 0.3 is 5.97 Å². The molecule has 2 heterocycles. The highest BCUT2D eigenvalue weighted by Gasteiger charge is 2.14. The molecular formula is C12H13N3O4. The number of carbonyl (C=O) groups excluding carboxylic acids is 1. The topological polar surface area (TPSA) is 97.4 Å². The Labute approximate surface area is 108 Å². The zero-order chi connectivity index (χ0) is 13.8. The summed E-state index contributed by atoms with van der Waals surface area (Å²) < 4.78 is 6.57. The van der Waals surface area contributed by atoms with E-state index in [4.69, 9.17) is 9.52 Å². The zero-order valence-electron chi connectivity index (χ0n) is 10.3. The third kappa shape index (κ3) is 3.21. The first kappa shape index (κ1) is 12.9. The lowest BCUT2D eigenvalue weighted by molar-refractivity contribution is 0.0659. The number of aromatic nitrogens is 2. The summed E-state index contributed by atoms with van der Waals surface area (Å²) in [6.45, 7) is 0.402. The third-order valence-corrected chi connectivity index (χ3v) is 2.48. The number of hydrogen-bond acceptors (Lipinski definition) is 4. The van der Waals surface area contributed by atoms with E-state index in [1.54, 1.807) is 4.68 Å². The van der Waals surface area contributed by atoms with E-state index in [-0.39, 0.29) is 11.5 Å². The summed E-state index contributed by atoms with van der Waals surface area (Å²) in [4.78, 5) is 22.3. The molecule has 2 N–H and O–H groups in total. The van der Waals surface area contributed by atoms with Crippen molar-refractivity contribution in [3.8, 4) is 0 Å². The summed E-state index contributed by atoms with van der Waals surface area (Å²) in [5.41, 5.74) is 0.869. The fraction of sp³-hybridized carbons (Fsp3) is 0.250. The van der Waals surface area contributed by atoms with Gasteiger partial charge in [-0.25, -0.2) is 4.79 Å². The van der Waals surface area contributed by atoms with E-state index < -0.39 is 11.9 Å². The quantitative estimate of drug-likeness (QED) is 0.826. The summed E-state index contributed by atoms with van der Waals surface area (Å²) in [6, 6.07) is 4.44. The molecule has 19 heavy (non-hydrogen) atoms. The molecule has 0 fully saturated rings. The number of carboxylic acids is 1. The molecule has 2 aromatic rings. The number of carbonyl (C=O) groups is 2. The van der Waals surface area contributed by atoms with Crippen molar-refractivity contribution in [2.75, 3.05) is 6.54 Å². The summed E-state index contributed by atoms with van der Waals surface area (Å²) in [7, 11) is 1.82. The van der Waals surface area contributed by atoms with Crippen molar-refractivity contribution >= 4 is 11.9 Å². The van der Waals surface area contributed by atoms with Gasteiger partial charge in [0.25, 0.3) is 5.91 Å². The monoisotopic (exact) mass is 263 g/mol. The van der Waals surface area contributed by atoms with Crippen LogP contribution in [0, 0.1) is 0 Å². The van der Waals surface area contributed by atoms with Crippen molar-refractivity contribution in [3.05, 3.63) is 41.6 Å². The molecule has 0 saturated heterocycles. The van der Waals surface area contributed by atoms with Gasteiger partial charge in [-0.1, -0.05) is 0 Å². The second-order valence-electron chi connectivity index (χ2n) is 3.96. The Balaban J connectivity index is 1.85. The molecule has 0 spiro atoms. The molecule has 1 amide bonds. The van der Waals surface area contributed by atoms with Gasteiger partial charge in [0.1, 0.15) is 0 Å². The van der Waals surface area contributed by atoms with E-state index in [9.17, 15) is 9.59 Å². The first-order chi connectivity index (χ1) is 9.06. The largest absolute Gasteiger partial charge is 0.475 e. The summed E-state index contributed by atoms with van der Waals surface area (Å²) in [6.07, 6.45) is 2.42. The summed E-state index contributed by atoms with van der Waals surface area (Å²) in [5, 5.41) is 15.5. The van der Waals surface area contributed by atoms with Crippen LogP contribution in [0.25, 0.3) is 0 Å². The van der Waals surface area contributed by atoms with Crippen LogP contribution in [-0.2, 0) is 13.5 Å². The molecule has 2 rings (SSSR count). The first-order valence-corrected chi connectivity index (χ1v) is 5.66. The molecule has 0 radical (unpaired) electrons. The SMILES string of the molecule is Cn1ccc(CCNC(=O)c2ccc(C(=O)O)o2)n1. The van der Waals surface area contributed by atoms with Crippen molar-refractivity contribution in [2.24, 2.45) is 7.05 Å². The van der Waals surface area contributed by atoms with Crippen LogP contribution in [0.1, 0.15) is 26.8 Å². The number of nitrogens with zero attached hydrogens (tertiary/aromatic N) is 2. The van der Waals surface area contributed by atoms with E-state index in [2.05, 4.69) is 10.4 Å². The van der Waals surface area contributed by atoms with Crippen LogP contribution in [0.15, 0.2) is 28.8 Å². The molecule has 0 aliphatic rings. The van der Waals surface area contributed by atoms with Crippen LogP contribution >= 0.6 is 0 Å². The maximum atomic E-state index is 11.7. The molecule has 0 aliphatic carbocycles. The highest BCUT2D eigenvalue weighted by Crippen LogP contribution is 2.07. The van der Waals surface area contributed by atoms with Crippen LogP contribution in [-0.4, -0.2) is 33.3 Å². The fourth-order valence-corrected chi connectivity index (χ4v) is 1.56. The predicted octanol–water partition coefficient (Wildman–Crippen LogP) is 0.684. The smallest absolute Gasteiger partial charge is 0.371 e. The maximum absolute atomic E-state index is 11.7. The average molecular weight is 263 g/mol. The Morgan fingerprint density at radius 2 is 2.11 bits per heavy atom. The second kappa shape index (κ2) is 5.38. The Kier molecular flexibility index (Phi) is 3.65. The van der Waals surface area contributed by atoms with E-state index in [1.165, 1.54) is 12.1 Å².